The minimum absolute atomic E-state index is 0.00127. The SMILES string of the molecule is CCC(CC(=O)OC1CC(C)(C)N(OC(C)c2ccccc2)C(C)(C)C1)C(=O)OC1CC(C)(C)N(OC(C)c2ccccc2)C(C)(C)C1. The van der Waals surface area contributed by atoms with Crippen molar-refractivity contribution in [1.82, 2.24) is 10.1 Å². The van der Waals surface area contributed by atoms with E-state index in [2.05, 4.69) is 104 Å². The largest absolute Gasteiger partial charge is 0.462 e. The number of nitrogens with zero attached hydrogens (tertiary/aromatic N) is 2. The molecule has 48 heavy (non-hydrogen) atoms. The Morgan fingerprint density at radius 2 is 1.00 bits per heavy atom. The van der Waals surface area contributed by atoms with Crippen LogP contribution in [0.1, 0.15) is 138 Å². The first kappa shape index (κ1) is 38.0. The van der Waals surface area contributed by atoms with Gasteiger partial charge in [0.05, 0.1) is 12.3 Å². The van der Waals surface area contributed by atoms with Gasteiger partial charge in [-0.25, -0.2) is 0 Å². The molecule has 0 saturated carbocycles. The first-order valence-corrected chi connectivity index (χ1v) is 17.8. The number of hydrogen-bond acceptors (Lipinski definition) is 8. The predicted octanol–water partition coefficient (Wildman–Crippen LogP) is 8.92. The molecule has 0 amide bonds. The third-order valence-corrected chi connectivity index (χ3v) is 9.99. The lowest BCUT2D eigenvalue weighted by molar-refractivity contribution is -0.314. The number of hydrogen-bond donors (Lipinski definition) is 0. The number of rotatable bonds is 12. The third kappa shape index (κ3) is 9.26. The molecule has 2 aromatic carbocycles. The second kappa shape index (κ2) is 15.0. The monoisotopic (exact) mass is 664 g/mol. The molecule has 0 aromatic heterocycles. The first-order chi connectivity index (χ1) is 22.3. The lowest BCUT2D eigenvalue weighted by Crippen LogP contribution is -2.62. The topological polar surface area (TPSA) is 77.5 Å². The van der Waals surface area contributed by atoms with Gasteiger partial charge in [0.25, 0.3) is 0 Å². The molecule has 266 valence electrons. The highest BCUT2D eigenvalue weighted by atomic mass is 16.7. The molecule has 2 aliphatic heterocycles. The number of piperidine rings is 2. The van der Waals surface area contributed by atoms with Crippen LogP contribution in [0.2, 0.25) is 0 Å². The fourth-order valence-corrected chi connectivity index (χ4v) is 8.06. The summed E-state index contributed by atoms with van der Waals surface area (Å²) in [6, 6.07) is 20.4. The molecular formula is C40H60N2O6. The minimum Gasteiger partial charge on any atom is -0.462 e. The van der Waals surface area contributed by atoms with E-state index in [1.807, 2.05) is 43.3 Å². The molecule has 3 unspecified atom stereocenters. The fraction of sp³-hybridized carbons (Fsp3) is 0.650. The number of carbonyl (C=O) groups is 2. The molecule has 0 spiro atoms. The van der Waals surface area contributed by atoms with Gasteiger partial charge in [0.1, 0.15) is 24.4 Å². The van der Waals surface area contributed by atoms with E-state index in [0.29, 0.717) is 32.1 Å². The number of ether oxygens (including phenoxy) is 2. The Kier molecular flexibility index (Phi) is 11.9. The molecular weight excluding hydrogens is 604 g/mol. The highest BCUT2D eigenvalue weighted by Gasteiger charge is 2.50. The van der Waals surface area contributed by atoms with E-state index in [1.54, 1.807) is 0 Å². The molecule has 0 radical (unpaired) electrons. The average Bonchev–Trinajstić information content (AvgIpc) is 2.99. The summed E-state index contributed by atoms with van der Waals surface area (Å²) in [5, 5.41) is 4.16. The second-order valence-electron chi connectivity index (χ2n) is 16.5. The summed E-state index contributed by atoms with van der Waals surface area (Å²) in [5.74, 6) is -1.26. The van der Waals surface area contributed by atoms with Gasteiger partial charge in [-0.05, 0) is 86.8 Å². The Balaban J connectivity index is 1.33. The Morgan fingerprint density at radius 3 is 1.35 bits per heavy atom. The molecule has 2 fully saturated rings. The van der Waals surface area contributed by atoms with Crippen molar-refractivity contribution < 1.29 is 28.7 Å². The van der Waals surface area contributed by atoms with Crippen LogP contribution in [0, 0.1) is 5.92 Å². The van der Waals surface area contributed by atoms with Crippen molar-refractivity contribution in [1.29, 1.82) is 0 Å². The number of esters is 2. The normalized spacial score (nSPS) is 23.1. The predicted molar refractivity (Wildman–Crippen MR) is 189 cm³/mol. The minimum atomic E-state index is -0.563. The van der Waals surface area contributed by atoms with Crippen molar-refractivity contribution in [3.05, 3.63) is 71.8 Å². The zero-order chi connectivity index (χ0) is 35.5. The van der Waals surface area contributed by atoms with Crippen LogP contribution in [-0.4, -0.2) is 56.4 Å². The van der Waals surface area contributed by atoms with E-state index >= 15 is 0 Å². The van der Waals surface area contributed by atoms with Crippen LogP contribution in [-0.2, 0) is 28.7 Å². The van der Waals surface area contributed by atoms with Gasteiger partial charge >= 0.3 is 11.9 Å². The third-order valence-electron chi connectivity index (χ3n) is 9.99. The maximum Gasteiger partial charge on any atom is 0.309 e. The number of benzene rings is 2. The smallest absolute Gasteiger partial charge is 0.309 e. The van der Waals surface area contributed by atoms with Crippen molar-refractivity contribution in [2.45, 2.75) is 161 Å². The van der Waals surface area contributed by atoms with Gasteiger partial charge in [-0.1, -0.05) is 67.6 Å². The molecule has 4 rings (SSSR count). The molecule has 8 heteroatoms. The lowest BCUT2D eigenvalue weighted by Gasteiger charge is -2.54. The second-order valence-corrected chi connectivity index (χ2v) is 16.5. The summed E-state index contributed by atoms with van der Waals surface area (Å²) in [6.07, 6.45) is 2.19. The van der Waals surface area contributed by atoms with Gasteiger partial charge in [-0.2, -0.15) is 10.1 Å². The van der Waals surface area contributed by atoms with Crippen LogP contribution in [0.3, 0.4) is 0 Å². The molecule has 0 aliphatic carbocycles. The molecule has 0 N–H and O–H groups in total. The van der Waals surface area contributed by atoms with E-state index < -0.39 is 5.92 Å². The first-order valence-electron chi connectivity index (χ1n) is 17.8. The van der Waals surface area contributed by atoms with Crippen LogP contribution >= 0.6 is 0 Å². The molecule has 8 nitrogen and oxygen atoms in total. The maximum atomic E-state index is 13.5. The molecule has 2 heterocycles. The number of carbonyl (C=O) groups excluding carboxylic acids is 2. The van der Waals surface area contributed by atoms with Crippen molar-refractivity contribution in [2.24, 2.45) is 5.92 Å². The van der Waals surface area contributed by atoms with Gasteiger partial charge in [-0.15, -0.1) is 0 Å². The highest BCUT2D eigenvalue weighted by molar-refractivity contribution is 5.80. The van der Waals surface area contributed by atoms with Crippen LogP contribution in [0.15, 0.2) is 60.7 Å². The Morgan fingerprint density at radius 1 is 0.646 bits per heavy atom. The molecule has 2 aromatic rings. The fourth-order valence-electron chi connectivity index (χ4n) is 8.06. The van der Waals surface area contributed by atoms with Crippen LogP contribution in [0.5, 0.6) is 0 Å². The Bertz CT molecular complexity index is 1320. The van der Waals surface area contributed by atoms with E-state index in [1.165, 1.54) is 0 Å². The van der Waals surface area contributed by atoms with Gasteiger partial charge in [0, 0.05) is 47.8 Å². The van der Waals surface area contributed by atoms with E-state index in [0.717, 1.165) is 11.1 Å². The summed E-state index contributed by atoms with van der Waals surface area (Å²) in [7, 11) is 0. The highest BCUT2D eigenvalue weighted by Crippen LogP contribution is 2.43. The molecule has 2 saturated heterocycles. The standard InChI is InChI=1S/C40H60N2O6/c1-12-30(36(44)46-34-26-39(8,9)42(40(10,11)27-34)48-29(3)32-21-17-14-18-22-32)23-35(43)45-33-24-37(4,5)41(38(6,7)25-33)47-28(2)31-19-15-13-16-20-31/h13-22,28-30,33-34H,12,23-27H2,1-11H3. The Labute approximate surface area is 289 Å². The summed E-state index contributed by atoms with van der Waals surface area (Å²) in [4.78, 5) is 39.9. The zero-order valence-electron chi connectivity index (χ0n) is 31.2. The van der Waals surface area contributed by atoms with Crippen molar-refractivity contribution in [3.63, 3.8) is 0 Å². The van der Waals surface area contributed by atoms with Gasteiger partial charge in [0.2, 0.25) is 0 Å². The van der Waals surface area contributed by atoms with Crippen LogP contribution in [0.25, 0.3) is 0 Å². The van der Waals surface area contributed by atoms with Crippen LogP contribution in [0.4, 0.5) is 0 Å². The summed E-state index contributed by atoms with van der Waals surface area (Å²) in [5.41, 5.74) is 0.699. The van der Waals surface area contributed by atoms with Gasteiger partial charge < -0.3 is 9.47 Å². The molecule has 0 bridgehead atoms. The summed E-state index contributed by atoms with van der Waals surface area (Å²) >= 11 is 0. The van der Waals surface area contributed by atoms with Crippen LogP contribution < -0.4 is 0 Å². The van der Waals surface area contributed by atoms with E-state index in [4.69, 9.17) is 19.1 Å². The summed E-state index contributed by atoms with van der Waals surface area (Å²) in [6.45, 7) is 23.1. The van der Waals surface area contributed by atoms with Crippen molar-refractivity contribution in [3.8, 4) is 0 Å². The summed E-state index contributed by atoms with van der Waals surface area (Å²) < 4.78 is 12.2. The van der Waals surface area contributed by atoms with E-state index in [9.17, 15) is 9.59 Å². The van der Waals surface area contributed by atoms with Crippen molar-refractivity contribution >= 4 is 11.9 Å². The Hall–Kier alpha value is -2.78. The van der Waals surface area contributed by atoms with Gasteiger partial charge in [-0.3, -0.25) is 19.3 Å². The van der Waals surface area contributed by atoms with Gasteiger partial charge in [0.15, 0.2) is 0 Å². The number of hydroxylamine groups is 4. The average molecular weight is 665 g/mol. The lowest BCUT2D eigenvalue weighted by atomic mass is 9.80. The van der Waals surface area contributed by atoms with Crippen molar-refractivity contribution in [2.75, 3.05) is 0 Å². The quantitative estimate of drug-likeness (QED) is 0.208. The molecule has 2 aliphatic rings. The maximum absolute atomic E-state index is 13.5. The zero-order valence-corrected chi connectivity index (χ0v) is 31.2. The molecule has 3 atom stereocenters. The van der Waals surface area contributed by atoms with E-state index in [-0.39, 0.29) is 64.9 Å².